The minimum atomic E-state index is 0.0341. The first-order chi connectivity index (χ1) is 8.20. The third kappa shape index (κ3) is 2.80. The monoisotopic (exact) mass is 250 g/mol. The number of halogens is 1. The van der Waals surface area contributed by atoms with E-state index in [2.05, 4.69) is 6.92 Å². The van der Waals surface area contributed by atoms with Crippen molar-refractivity contribution in [2.24, 2.45) is 0 Å². The first-order valence-corrected chi connectivity index (χ1v) is 6.08. The molecule has 90 valence electrons. The van der Waals surface area contributed by atoms with E-state index < -0.39 is 0 Å². The van der Waals surface area contributed by atoms with Crippen LogP contribution in [0.5, 0.6) is 0 Å². The molecule has 0 amide bonds. The van der Waals surface area contributed by atoms with Crippen molar-refractivity contribution < 1.29 is 0 Å². The van der Waals surface area contributed by atoms with Crippen molar-refractivity contribution in [3.8, 4) is 0 Å². The van der Waals surface area contributed by atoms with Gasteiger partial charge < -0.3 is 0 Å². The van der Waals surface area contributed by atoms with Gasteiger partial charge in [0.2, 0.25) is 0 Å². The molecule has 1 aromatic heterocycles. The Labute approximate surface area is 105 Å². The number of aromatic nitrogens is 2. The number of aryl methyl sites for hydroxylation is 1. The second-order valence-electron chi connectivity index (χ2n) is 4.03. The molecular weight excluding hydrogens is 236 g/mol. The Morgan fingerprint density at radius 2 is 2.00 bits per heavy atom. The van der Waals surface area contributed by atoms with Gasteiger partial charge in [-0.25, -0.2) is 4.79 Å². The Bertz CT molecular complexity index is 557. The molecule has 0 atom stereocenters. The largest absolute Gasteiger partial charge is 0.328 e. The van der Waals surface area contributed by atoms with E-state index in [9.17, 15) is 4.79 Å². The molecule has 4 heteroatoms. The summed E-state index contributed by atoms with van der Waals surface area (Å²) < 4.78 is 3.42. The van der Waals surface area contributed by atoms with Crippen LogP contribution in [0.15, 0.2) is 41.5 Å². The Balaban J connectivity index is 2.22. The molecule has 0 saturated carbocycles. The first-order valence-electron chi connectivity index (χ1n) is 5.70. The molecule has 0 aliphatic heterocycles. The van der Waals surface area contributed by atoms with E-state index in [1.54, 1.807) is 9.13 Å². The average Bonchev–Trinajstić information content (AvgIpc) is 2.62. The SMILES string of the molecule is CCCn1ccn(Cc2cccc(Cl)c2)c1=O. The lowest BCUT2D eigenvalue weighted by Crippen LogP contribution is -2.24. The standard InChI is InChI=1S/C13H15ClN2O/c1-2-6-15-7-8-16(13(15)17)10-11-4-3-5-12(14)9-11/h3-5,7-9H,2,6,10H2,1H3. The van der Waals surface area contributed by atoms with E-state index in [0.29, 0.717) is 11.6 Å². The average molecular weight is 251 g/mol. The predicted molar refractivity (Wildman–Crippen MR) is 69.5 cm³/mol. The summed E-state index contributed by atoms with van der Waals surface area (Å²) in [5.41, 5.74) is 1.07. The Kier molecular flexibility index (Phi) is 3.69. The quantitative estimate of drug-likeness (QED) is 0.820. The van der Waals surface area contributed by atoms with Crippen molar-refractivity contribution in [2.75, 3.05) is 0 Å². The van der Waals surface area contributed by atoms with Crippen LogP contribution in [-0.4, -0.2) is 9.13 Å². The zero-order chi connectivity index (χ0) is 12.3. The number of imidazole rings is 1. The summed E-state index contributed by atoms with van der Waals surface area (Å²) in [6.07, 6.45) is 4.61. The molecule has 0 bridgehead atoms. The van der Waals surface area contributed by atoms with Crippen molar-refractivity contribution in [3.63, 3.8) is 0 Å². The molecule has 0 saturated heterocycles. The van der Waals surface area contributed by atoms with Crippen LogP contribution in [0.1, 0.15) is 18.9 Å². The van der Waals surface area contributed by atoms with Crippen LogP contribution in [0.2, 0.25) is 5.02 Å². The molecule has 17 heavy (non-hydrogen) atoms. The third-order valence-electron chi connectivity index (χ3n) is 2.62. The van der Waals surface area contributed by atoms with E-state index in [0.717, 1.165) is 18.5 Å². The van der Waals surface area contributed by atoms with E-state index >= 15 is 0 Å². The Hall–Kier alpha value is -1.48. The van der Waals surface area contributed by atoms with Gasteiger partial charge in [0.05, 0.1) is 6.54 Å². The number of hydrogen-bond acceptors (Lipinski definition) is 1. The van der Waals surface area contributed by atoms with Crippen molar-refractivity contribution in [2.45, 2.75) is 26.4 Å². The molecule has 3 nitrogen and oxygen atoms in total. The molecule has 1 heterocycles. The summed E-state index contributed by atoms with van der Waals surface area (Å²) in [6, 6.07) is 7.57. The fourth-order valence-corrected chi connectivity index (χ4v) is 2.03. The maximum absolute atomic E-state index is 11.9. The fourth-order valence-electron chi connectivity index (χ4n) is 1.82. The van der Waals surface area contributed by atoms with E-state index in [1.165, 1.54) is 0 Å². The molecular formula is C13H15ClN2O. The maximum atomic E-state index is 11.9. The molecule has 0 aliphatic rings. The van der Waals surface area contributed by atoms with Crippen LogP contribution in [-0.2, 0) is 13.1 Å². The smallest absolute Gasteiger partial charge is 0.299 e. The van der Waals surface area contributed by atoms with E-state index in [4.69, 9.17) is 11.6 Å². The van der Waals surface area contributed by atoms with Crippen LogP contribution in [0, 0.1) is 0 Å². The third-order valence-corrected chi connectivity index (χ3v) is 2.86. The zero-order valence-electron chi connectivity index (χ0n) is 9.77. The van der Waals surface area contributed by atoms with E-state index in [1.807, 2.05) is 36.7 Å². The van der Waals surface area contributed by atoms with Crippen molar-refractivity contribution in [1.29, 1.82) is 0 Å². The summed E-state index contributed by atoms with van der Waals surface area (Å²) in [7, 11) is 0. The molecule has 2 rings (SSSR count). The molecule has 2 aromatic rings. The van der Waals surface area contributed by atoms with Crippen molar-refractivity contribution >= 4 is 11.6 Å². The van der Waals surface area contributed by atoms with Gasteiger partial charge in [-0.2, -0.15) is 0 Å². The molecule has 0 unspecified atom stereocenters. The topological polar surface area (TPSA) is 26.9 Å². The van der Waals surface area contributed by atoms with Crippen LogP contribution in [0.25, 0.3) is 0 Å². The molecule has 0 radical (unpaired) electrons. The van der Waals surface area contributed by atoms with Gasteiger partial charge in [0.1, 0.15) is 0 Å². The number of hydrogen-bond donors (Lipinski definition) is 0. The van der Waals surface area contributed by atoms with Gasteiger partial charge in [-0.1, -0.05) is 30.7 Å². The lowest BCUT2D eigenvalue weighted by molar-refractivity contribution is 0.624. The minimum absolute atomic E-state index is 0.0341. The Morgan fingerprint density at radius 1 is 1.24 bits per heavy atom. The summed E-state index contributed by atoms with van der Waals surface area (Å²) in [5, 5.41) is 0.698. The summed E-state index contributed by atoms with van der Waals surface area (Å²) in [4.78, 5) is 11.9. The summed E-state index contributed by atoms with van der Waals surface area (Å²) in [6.45, 7) is 3.39. The highest BCUT2D eigenvalue weighted by molar-refractivity contribution is 6.30. The first kappa shape index (κ1) is 12.0. The molecule has 0 N–H and O–H groups in total. The normalized spacial score (nSPS) is 10.7. The van der Waals surface area contributed by atoms with Crippen LogP contribution in [0.4, 0.5) is 0 Å². The molecule has 0 spiro atoms. The second kappa shape index (κ2) is 5.23. The highest BCUT2D eigenvalue weighted by atomic mass is 35.5. The van der Waals surface area contributed by atoms with Gasteiger partial charge >= 0.3 is 5.69 Å². The van der Waals surface area contributed by atoms with Gasteiger partial charge in [-0.15, -0.1) is 0 Å². The predicted octanol–water partition coefficient (Wildman–Crippen LogP) is 2.76. The van der Waals surface area contributed by atoms with Crippen LogP contribution in [0.3, 0.4) is 0 Å². The number of benzene rings is 1. The fraction of sp³-hybridized carbons (Fsp3) is 0.308. The van der Waals surface area contributed by atoms with Gasteiger partial charge in [0.15, 0.2) is 0 Å². The van der Waals surface area contributed by atoms with Gasteiger partial charge in [0.25, 0.3) is 0 Å². The van der Waals surface area contributed by atoms with Crippen LogP contribution < -0.4 is 5.69 Å². The lowest BCUT2D eigenvalue weighted by atomic mass is 10.2. The van der Waals surface area contributed by atoms with Crippen molar-refractivity contribution in [3.05, 3.63) is 57.7 Å². The van der Waals surface area contributed by atoms with Gasteiger partial charge in [-0.3, -0.25) is 9.13 Å². The van der Waals surface area contributed by atoms with Crippen LogP contribution >= 0.6 is 11.6 Å². The highest BCUT2D eigenvalue weighted by Gasteiger charge is 2.03. The minimum Gasteiger partial charge on any atom is -0.299 e. The number of nitrogens with zero attached hydrogens (tertiary/aromatic N) is 2. The molecule has 0 fully saturated rings. The summed E-state index contributed by atoms with van der Waals surface area (Å²) in [5.74, 6) is 0. The Morgan fingerprint density at radius 3 is 2.71 bits per heavy atom. The lowest BCUT2D eigenvalue weighted by Gasteiger charge is -2.02. The van der Waals surface area contributed by atoms with Gasteiger partial charge in [0, 0.05) is 24.0 Å². The van der Waals surface area contributed by atoms with E-state index in [-0.39, 0.29) is 5.69 Å². The van der Waals surface area contributed by atoms with Crippen molar-refractivity contribution in [1.82, 2.24) is 9.13 Å². The molecule has 1 aromatic carbocycles. The summed E-state index contributed by atoms with van der Waals surface area (Å²) >= 11 is 5.91. The number of rotatable bonds is 4. The molecule has 0 aliphatic carbocycles. The highest BCUT2D eigenvalue weighted by Crippen LogP contribution is 2.11. The maximum Gasteiger partial charge on any atom is 0.328 e. The second-order valence-corrected chi connectivity index (χ2v) is 4.47. The zero-order valence-corrected chi connectivity index (χ0v) is 10.5. The van der Waals surface area contributed by atoms with Gasteiger partial charge in [-0.05, 0) is 24.1 Å².